The van der Waals surface area contributed by atoms with Gasteiger partial charge >= 0.3 is 6.18 Å². The van der Waals surface area contributed by atoms with Crippen LogP contribution in [0.25, 0.3) is 0 Å². The van der Waals surface area contributed by atoms with Crippen molar-refractivity contribution in [3.63, 3.8) is 0 Å². The highest BCUT2D eigenvalue weighted by molar-refractivity contribution is 6.34. The van der Waals surface area contributed by atoms with E-state index in [0.29, 0.717) is 60.8 Å². The van der Waals surface area contributed by atoms with Crippen molar-refractivity contribution in [3.8, 4) is 5.75 Å². The number of likely N-dealkylation sites (tertiary alicyclic amines) is 1. The number of alkyl halides is 3. The zero-order chi connectivity index (χ0) is 28.5. The van der Waals surface area contributed by atoms with Gasteiger partial charge in [0, 0.05) is 31.8 Å². The topological polar surface area (TPSA) is 78.9 Å². The molecule has 2 N–H and O–H groups in total. The standard InChI is InChI=1S/C27H28ClF5N2O4/c1-34-24(36)21-3-2-20(14-23(21)28)39-9-6-16-10-22(16)15-4-7-35(8-5-15)25(37)26(38,27(31,32)33)17-11-18(29)13-19(30)12-17/h2-3,11-16,22,38H,4-10H2,1H3,(H,34,36)/t16-,22-,26?/m1/s1. The van der Waals surface area contributed by atoms with Crippen LogP contribution in [0.15, 0.2) is 36.4 Å². The van der Waals surface area contributed by atoms with Gasteiger partial charge in [0.2, 0.25) is 0 Å². The fraction of sp³-hybridized carbons (Fsp3) is 0.481. The fourth-order valence-corrected chi connectivity index (χ4v) is 5.60. The van der Waals surface area contributed by atoms with Crippen LogP contribution in [0.1, 0.15) is 41.6 Å². The Morgan fingerprint density at radius 3 is 2.31 bits per heavy atom. The zero-order valence-electron chi connectivity index (χ0n) is 21.0. The lowest BCUT2D eigenvalue weighted by molar-refractivity contribution is -0.262. The van der Waals surface area contributed by atoms with Gasteiger partial charge in [-0.3, -0.25) is 9.59 Å². The number of hydrogen-bond donors (Lipinski definition) is 2. The van der Waals surface area contributed by atoms with E-state index < -0.39 is 34.9 Å². The molecule has 0 radical (unpaired) electrons. The summed E-state index contributed by atoms with van der Waals surface area (Å²) >= 11 is 6.14. The molecule has 1 unspecified atom stereocenters. The van der Waals surface area contributed by atoms with E-state index in [1.807, 2.05) is 0 Å². The maximum absolute atomic E-state index is 13.9. The largest absolute Gasteiger partial charge is 0.494 e. The number of ether oxygens (including phenoxy) is 1. The molecule has 2 aromatic rings. The molecule has 2 aliphatic rings. The van der Waals surface area contributed by atoms with Crippen LogP contribution < -0.4 is 10.1 Å². The molecule has 1 heterocycles. The van der Waals surface area contributed by atoms with Gasteiger partial charge in [0.05, 0.1) is 17.2 Å². The highest BCUT2D eigenvalue weighted by Gasteiger charge is 2.62. The average Bonchev–Trinajstić information content (AvgIpc) is 3.66. The number of rotatable bonds is 8. The fourth-order valence-electron chi connectivity index (χ4n) is 5.34. The molecule has 212 valence electrons. The summed E-state index contributed by atoms with van der Waals surface area (Å²) in [5, 5.41) is 13.3. The van der Waals surface area contributed by atoms with Gasteiger partial charge in [-0.1, -0.05) is 11.6 Å². The summed E-state index contributed by atoms with van der Waals surface area (Å²) in [6, 6.07) is 5.82. The summed E-state index contributed by atoms with van der Waals surface area (Å²) in [4.78, 5) is 25.5. The van der Waals surface area contributed by atoms with E-state index in [1.54, 1.807) is 18.2 Å². The summed E-state index contributed by atoms with van der Waals surface area (Å²) in [6.45, 7) is 0.419. The van der Waals surface area contributed by atoms with Crippen molar-refractivity contribution in [2.45, 2.75) is 37.5 Å². The van der Waals surface area contributed by atoms with Gasteiger partial charge < -0.3 is 20.1 Å². The smallest absolute Gasteiger partial charge is 0.430 e. The van der Waals surface area contributed by atoms with Crippen LogP contribution >= 0.6 is 11.6 Å². The molecule has 1 aliphatic heterocycles. The number of halogens is 6. The second kappa shape index (κ2) is 11.3. The van der Waals surface area contributed by atoms with Crippen molar-refractivity contribution in [3.05, 3.63) is 64.2 Å². The van der Waals surface area contributed by atoms with E-state index in [1.165, 1.54) is 7.05 Å². The lowest BCUT2D eigenvalue weighted by Crippen LogP contribution is -2.57. The Morgan fingerprint density at radius 2 is 1.74 bits per heavy atom. The van der Waals surface area contributed by atoms with Crippen molar-refractivity contribution < 1.29 is 41.4 Å². The maximum atomic E-state index is 13.9. The monoisotopic (exact) mass is 574 g/mol. The summed E-state index contributed by atoms with van der Waals surface area (Å²) in [7, 11) is 1.51. The Morgan fingerprint density at radius 1 is 1.10 bits per heavy atom. The maximum Gasteiger partial charge on any atom is 0.430 e. The number of carbonyl (C=O) groups excluding carboxylic acids is 2. The molecule has 0 aromatic heterocycles. The molecule has 0 spiro atoms. The first kappa shape index (κ1) is 29.1. The minimum Gasteiger partial charge on any atom is -0.494 e. The van der Waals surface area contributed by atoms with Gasteiger partial charge in [-0.25, -0.2) is 8.78 Å². The number of aliphatic hydroxyl groups is 1. The number of nitrogens with zero attached hydrogens (tertiary/aromatic N) is 1. The molecule has 6 nitrogen and oxygen atoms in total. The number of carbonyl (C=O) groups is 2. The van der Waals surface area contributed by atoms with Crippen molar-refractivity contribution in [1.82, 2.24) is 10.2 Å². The van der Waals surface area contributed by atoms with E-state index in [0.717, 1.165) is 17.7 Å². The highest BCUT2D eigenvalue weighted by Crippen LogP contribution is 2.50. The van der Waals surface area contributed by atoms with Crippen LogP contribution in [0.2, 0.25) is 5.02 Å². The Kier molecular flexibility index (Phi) is 8.41. The summed E-state index contributed by atoms with van der Waals surface area (Å²) < 4.78 is 74.7. The number of benzene rings is 2. The minimum atomic E-state index is -5.48. The van der Waals surface area contributed by atoms with E-state index in [9.17, 15) is 36.6 Å². The average molecular weight is 575 g/mol. The molecule has 2 aromatic carbocycles. The first-order valence-electron chi connectivity index (χ1n) is 12.5. The first-order valence-corrected chi connectivity index (χ1v) is 12.9. The van der Waals surface area contributed by atoms with Crippen molar-refractivity contribution >= 4 is 23.4 Å². The quantitative estimate of drug-likeness (QED) is 0.432. The zero-order valence-corrected chi connectivity index (χ0v) is 21.8. The number of nitrogens with one attached hydrogen (secondary N) is 1. The molecule has 4 rings (SSSR count). The molecular formula is C27H28ClF5N2O4. The molecule has 1 aliphatic carbocycles. The SMILES string of the molecule is CNC(=O)c1ccc(OCC[C@@H]2C[C@@H]2C2CCN(C(=O)C(O)(c3cc(F)cc(F)c3)C(F)(F)F)CC2)cc1Cl. The Hall–Kier alpha value is -2.92. The third kappa shape index (κ3) is 6.14. The predicted octanol–water partition coefficient (Wildman–Crippen LogP) is 5.07. The Bertz CT molecular complexity index is 1210. The van der Waals surface area contributed by atoms with Crippen molar-refractivity contribution in [1.29, 1.82) is 0 Å². The first-order chi connectivity index (χ1) is 18.3. The molecule has 2 amide bonds. The normalized spacial score (nSPS) is 21.3. The van der Waals surface area contributed by atoms with Gasteiger partial charge in [0.15, 0.2) is 0 Å². The minimum absolute atomic E-state index is 0.00437. The highest BCUT2D eigenvalue weighted by atomic mass is 35.5. The lowest BCUT2D eigenvalue weighted by Gasteiger charge is -2.38. The number of piperidine rings is 1. The van der Waals surface area contributed by atoms with Crippen LogP contribution in [0.3, 0.4) is 0 Å². The molecular weight excluding hydrogens is 547 g/mol. The van der Waals surface area contributed by atoms with Crippen LogP contribution in [0, 0.1) is 29.4 Å². The molecule has 2 fully saturated rings. The van der Waals surface area contributed by atoms with Gasteiger partial charge in [-0.2, -0.15) is 13.2 Å². The third-order valence-corrected chi connectivity index (χ3v) is 7.89. The van der Waals surface area contributed by atoms with E-state index in [4.69, 9.17) is 16.3 Å². The van der Waals surface area contributed by atoms with E-state index >= 15 is 0 Å². The summed E-state index contributed by atoms with van der Waals surface area (Å²) in [5.41, 5.74) is -4.90. The van der Waals surface area contributed by atoms with E-state index in [2.05, 4.69) is 5.32 Å². The second-order valence-corrected chi connectivity index (χ2v) is 10.4. The van der Waals surface area contributed by atoms with Gasteiger partial charge in [0.25, 0.3) is 17.4 Å². The molecule has 12 heteroatoms. The summed E-state index contributed by atoms with van der Waals surface area (Å²) in [5.74, 6) is -3.13. The molecule has 0 bridgehead atoms. The lowest BCUT2D eigenvalue weighted by atomic mass is 9.87. The van der Waals surface area contributed by atoms with Crippen molar-refractivity contribution in [2.24, 2.45) is 17.8 Å². The predicted molar refractivity (Wildman–Crippen MR) is 132 cm³/mol. The Balaban J connectivity index is 1.29. The number of amides is 2. The second-order valence-electron chi connectivity index (χ2n) is 10.0. The summed E-state index contributed by atoms with van der Waals surface area (Å²) in [6.07, 6.45) is -2.87. The van der Waals surface area contributed by atoms with Gasteiger partial charge in [-0.05, 0) is 73.8 Å². The van der Waals surface area contributed by atoms with Crippen LogP contribution in [0.4, 0.5) is 22.0 Å². The third-order valence-electron chi connectivity index (χ3n) is 7.58. The van der Waals surface area contributed by atoms with E-state index in [-0.39, 0.29) is 29.9 Å². The molecule has 3 atom stereocenters. The van der Waals surface area contributed by atoms with Crippen molar-refractivity contribution in [2.75, 3.05) is 26.7 Å². The van der Waals surface area contributed by atoms with Gasteiger partial charge in [-0.15, -0.1) is 0 Å². The van der Waals surface area contributed by atoms with Crippen LogP contribution in [-0.4, -0.2) is 54.7 Å². The molecule has 1 saturated heterocycles. The molecule has 1 saturated carbocycles. The van der Waals surface area contributed by atoms with Crippen LogP contribution in [0.5, 0.6) is 5.75 Å². The Labute approximate surface area is 227 Å². The van der Waals surface area contributed by atoms with Crippen LogP contribution in [-0.2, 0) is 10.4 Å². The van der Waals surface area contributed by atoms with Gasteiger partial charge in [0.1, 0.15) is 17.4 Å². The molecule has 39 heavy (non-hydrogen) atoms. The number of hydrogen-bond acceptors (Lipinski definition) is 4.